The minimum atomic E-state index is -0.127. The fraction of sp³-hybridized carbons (Fsp3) is 0.562. The van der Waals surface area contributed by atoms with Gasteiger partial charge in [0.1, 0.15) is 5.82 Å². The van der Waals surface area contributed by atoms with Gasteiger partial charge in [-0.05, 0) is 25.7 Å². The molecule has 0 spiro atoms. The van der Waals surface area contributed by atoms with E-state index in [4.69, 9.17) is 4.74 Å². The van der Waals surface area contributed by atoms with E-state index < -0.39 is 0 Å². The zero-order valence-corrected chi connectivity index (χ0v) is 13.9. The van der Waals surface area contributed by atoms with Crippen molar-refractivity contribution in [1.29, 1.82) is 0 Å². The lowest BCUT2D eigenvalue weighted by molar-refractivity contribution is 0.159. The largest absolute Gasteiger partial charge is 0.385 e. The Morgan fingerprint density at radius 2 is 2.42 bits per heavy atom. The Balaban J connectivity index is 1.61. The summed E-state index contributed by atoms with van der Waals surface area (Å²) in [5, 5.41) is 7.28. The number of anilines is 1. The molecule has 2 N–H and O–H groups in total. The maximum Gasteiger partial charge on any atom is 0.323 e. The predicted octanol–water partition coefficient (Wildman–Crippen LogP) is 2.40. The van der Waals surface area contributed by atoms with Crippen LogP contribution in [0.1, 0.15) is 37.5 Å². The lowest BCUT2D eigenvalue weighted by atomic mass is 10.0. The highest BCUT2D eigenvalue weighted by molar-refractivity contribution is 5.88. The van der Waals surface area contributed by atoms with Crippen LogP contribution in [0, 0.1) is 0 Å². The number of H-pyrrole nitrogens is 1. The van der Waals surface area contributed by atoms with Crippen molar-refractivity contribution in [2.75, 3.05) is 25.6 Å². The second-order valence-corrected chi connectivity index (χ2v) is 5.92. The smallest absolute Gasteiger partial charge is 0.323 e. The number of rotatable bonds is 6. The highest BCUT2D eigenvalue weighted by atomic mass is 16.5. The molecule has 2 amide bonds. The van der Waals surface area contributed by atoms with Crippen molar-refractivity contribution >= 4 is 11.8 Å². The first-order valence-electron chi connectivity index (χ1n) is 8.37. The first-order chi connectivity index (χ1) is 11.8. The molecule has 2 aromatic rings. The molecule has 8 nitrogen and oxygen atoms in total. The van der Waals surface area contributed by atoms with Gasteiger partial charge < -0.3 is 14.6 Å². The molecule has 3 rings (SSSR count). The molecule has 2 aromatic heterocycles. The van der Waals surface area contributed by atoms with Crippen molar-refractivity contribution in [3.05, 3.63) is 30.5 Å². The Bertz CT molecular complexity index is 639. The fourth-order valence-electron chi connectivity index (χ4n) is 3.02. The zero-order chi connectivity index (χ0) is 16.8. The van der Waals surface area contributed by atoms with E-state index in [1.165, 1.54) is 0 Å². The van der Waals surface area contributed by atoms with E-state index in [1.54, 1.807) is 19.5 Å². The minimum Gasteiger partial charge on any atom is -0.385 e. The summed E-state index contributed by atoms with van der Waals surface area (Å²) >= 11 is 0. The van der Waals surface area contributed by atoms with Gasteiger partial charge in [0.25, 0.3) is 0 Å². The second kappa shape index (κ2) is 7.96. The summed E-state index contributed by atoms with van der Waals surface area (Å²) in [6, 6.07) is 1.69. The molecule has 0 aromatic carbocycles. The van der Waals surface area contributed by atoms with E-state index in [0.717, 1.165) is 44.6 Å². The molecule has 8 heteroatoms. The van der Waals surface area contributed by atoms with Crippen molar-refractivity contribution in [3.8, 4) is 0 Å². The van der Waals surface area contributed by atoms with Gasteiger partial charge in [-0.3, -0.25) is 10.00 Å². The number of amides is 2. The summed E-state index contributed by atoms with van der Waals surface area (Å²) in [7, 11) is 1.68. The predicted molar refractivity (Wildman–Crippen MR) is 89.6 cm³/mol. The molecule has 1 atom stereocenters. The van der Waals surface area contributed by atoms with Crippen LogP contribution < -0.4 is 5.32 Å². The molecule has 0 aliphatic carbocycles. The number of carbonyl (C=O) groups is 1. The molecule has 0 saturated carbocycles. The second-order valence-electron chi connectivity index (χ2n) is 5.92. The number of carbonyl (C=O) groups excluding carboxylic acids is 1. The number of methoxy groups -OCH3 is 1. The quantitative estimate of drug-likeness (QED) is 0.795. The monoisotopic (exact) mass is 332 g/mol. The number of aromatic nitrogens is 4. The van der Waals surface area contributed by atoms with Gasteiger partial charge >= 0.3 is 6.03 Å². The van der Waals surface area contributed by atoms with Crippen molar-refractivity contribution in [1.82, 2.24) is 24.6 Å². The van der Waals surface area contributed by atoms with E-state index in [0.29, 0.717) is 12.4 Å². The van der Waals surface area contributed by atoms with Gasteiger partial charge in [0, 0.05) is 51.5 Å². The number of urea groups is 1. The first-order valence-corrected chi connectivity index (χ1v) is 8.37. The lowest BCUT2D eigenvalue weighted by Crippen LogP contribution is -2.41. The topological polar surface area (TPSA) is 88.1 Å². The summed E-state index contributed by atoms with van der Waals surface area (Å²) in [4.78, 5) is 21.9. The maximum absolute atomic E-state index is 12.6. The Morgan fingerprint density at radius 3 is 3.21 bits per heavy atom. The third-order valence-electron chi connectivity index (χ3n) is 4.21. The van der Waals surface area contributed by atoms with Gasteiger partial charge in [-0.25, -0.2) is 9.78 Å². The van der Waals surface area contributed by atoms with E-state index >= 15 is 0 Å². The number of hydrogen-bond donors (Lipinski definition) is 2. The molecule has 1 aliphatic heterocycles. The molecule has 1 saturated heterocycles. The molecule has 24 heavy (non-hydrogen) atoms. The molecule has 1 fully saturated rings. The molecular weight excluding hydrogens is 308 g/mol. The van der Waals surface area contributed by atoms with Crippen LogP contribution in [0.3, 0.4) is 0 Å². The number of nitrogens with one attached hydrogen (secondary N) is 2. The van der Waals surface area contributed by atoms with Crippen LogP contribution in [0.4, 0.5) is 10.6 Å². The Kier molecular flexibility index (Phi) is 5.47. The normalized spacial score (nSPS) is 17.9. The number of imidazole rings is 1. The number of aryl methyl sites for hydroxylation is 1. The Labute approximate surface area is 141 Å². The van der Waals surface area contributed by atoms with Gasteiger partial charge in [0.05, 0.1) is 6.04 Å². The molecular formula is C16H24N6O2. The number of hydrogen-bond acceptors (Lipinski definition) is 4. The van der Waals surface area contributed by atoms with Gasteiger partial charge in [-0.15, -0.1) is 0 Å². The number of piperidine rings is 1. The molecule has 0 radical (unpaired) electrons. The third-order valence-corrected chi connectivity index (χ3v) is 4.21. The Hall–Kier alpha value is -2.35. The molecule has 0 bridgehead atoms. The summed E-state index contributed by atoms with van der Waals surface area (Å²) in [5.74, 6) is 1.41. The van der Waals surface area contributed by atoms with E-state index in [-0.39, 0.29) is 12.1 Å². The number of ether oxygens (including phenoxy) is 1. The molecule has 0 unspecified atom stereocenters. The van der Waals surface area contributed by atoms with E-state index in [2.05, 4.69) is 20.4 Å². The highest BCUT2D eigenvalue weighted by Crippen LogP contribution is 2.29. The van der Waals surface area contributed by atoms with Crippen molar-refractivity contribution in [2.24, 2.45) is 0 Å². The van der Waals surface area contributed by atoms with Gasteiger partial charge in [0.2, 0.25) is 0 Å². The van der Waals surface area contributed by atoms with Crippen LogP contribution in [0.5, 0.6) is 0 Å². The fourth-order valence-corrected chi connectivity index (χ4v) is 3.02. The van der Waals surface area contributed by atoms with Crippen LogP contribution >= 0.6 is 0 Å². The molecule has 130 valence electrons. The summed E-state index contributed by atoms with van der Waals surface area (Å²) in [6.45, 7) is 2.19. The van der Waals surface area contributed by atoms with Crippen molar-refractivity contribution in [3.63, 3.8) is 0 Å². The van der Waals surface area contributed by atoms with Gasteiger partial charge in [0.15, 0.2) is 5.82 Å². The van der Waals surface area contributed by atoms with Crippen molar-refractivity contribution in [2.45, 2.75) is 38.3 Å². The highest BCUT2D eigenvalue weighted by Gasteiger charge is 2.29. The molecule has 3 heterocycles. The van der Waals surface area contributed by atoms with Crippen LogP contribution in [0.15, 0.2) is 24.7 Å². The SMILES string of the molecule is COCCCn1ccc(NC(=O)N2CCCC[C@H]2c2ncc[nH]2)n1. The van der Waals surface area contributed by atoms with Crippen LogP contribution in [-0.4, -0.2) is 50.9 Å². The number of aromatic amines is 1. The van der Waals surface area contributed by atoms with Crippen molar-refractivity contribution < 1.29 is 9.53 Å². The number of nitrogens with zero attached hydrogens (tertiary/aromatic N) is 4. The lowest BCUT2D eigenvalue weighted by Gasteiger charge is -2.34. The standard InChI is InChI=1S/C16H24N6O2/c1-24-12-4-9-21-11-6-14(20-21)19-16(23)22-10-3-2-5-13(22)15-17-7-8-18-15/h6-8,11,13H,2-5,9-10,12H2,1H3,(H,17,18)(H,19,20,23)/t13-/m0/s1. The zero-order valence-electron chi connectivity index (χ0n) is 13.9. The van der Waals surface area contributed by atoms with Gasteiger partial charge in [-0.1, -0.05) is 0 Å². The summed E-state index contributed by atoms with van der Waals surface area (Å²) < 4.78 is 6.85. The third kappa shape index (κ3) is 3.94. The maximum atomic E-state index is 12.6. The van der Waals surface area contributed by atoms with Gasteiger partial charge in [-0.2, -0.15) is 5.10 Å². The van der Waals surface area contributed by atoms with E-state index in [1.807, 2.05) is 21.8 Å². The number of likely N-dealkylation sites (tertiary alicyclic amines) is 1. The summed E-state index contributed by atoms with van der Waals surface area (Å²) in [6.07, 6.45) is 9.30. The average Bonchev–Trinajstić information content (AvgIpc) is 3.27. The van der Waals surface area contributed by atoms with Crippen LogP contribution in [0.25, 0.3) is 0 Å². The van der Waals surface area contributed by atoms with Crippen LogP contribution in [-0.2, 0) is 11.3 Å². The first kappa shape index (κ1) is 16.5. The van der Waals surface area contributed by atoms with Crippen LogP contribution in [0.2, 0.25) is 0 Å². The van der Waals surface area contributed by atoms with E-state index in [9.17, 15) is 4.79 Å². The minimum absolute atomic E-state index is 0.00228. The summed E-state index contributed by atoms with van der Waals surface area (Å²) in [5.41, 5.74) is 0. The molecule has 1 aliphatic rings. The Morgan fingerprint density at radius 1 is 1.50 bits per heavy atom. The average molecular weight is 332 g/mol.